The lowest BCUT2D eigenvalue weighted by Crippen LogP contribution is -2.20. The number of hydrogen-bond donors (Lipinski definition) is 3. The highest BCUT2D eigenvalue weighted by Gasteiger charge is 2.11. The summed E-state index contributed by atoms with van der Waals surface area (Å²) in [6.07, 6.45) is 5.21. The van der Waals surface area contributed by atoms with Gasteiger partial charge in [-0.1, -0.05) is 48.9 Å². The van der Waals surface area contributed by atoms with Crippen molar-refractivity contribution in [3.8, 4) is 0 Å². The van der Waals surface area contributed by atoms with Crippen LogP contribution in [0.4, 0.5) is 5.69 Å². The lowest BCUT2D eigenvalue weighted by Gasteiger charge is -2.22. The molecule has 0 unspecified atom stereocenters. The fourth-order valence-corrected chi connectivity index (χ4v) is 4.09. The smallest absolute Gasteiger partial charge is 0.325 e. The molecule has 2 aromatic rings. The van der Waals surface area contributed by atoms with Crippen molar-refractivity contribution in [2.75, 3.05) is 31.2 Å². The Bertz CT molecular complexity index is 777. The number of anilines is 1. The molecule has 0 aliphatic heterocycles. The average molecular weight is 419 g/mol. The van der Waals surface area contributed by atoms with Gasteiger partial charge in [0, 0.05) is 25.8 Å². The maximum atomic E-state index is 10.8. The Balaban J connectivity index is 1.68. The van der Waals surface area contributed by atoms with Gasteiger partial charge in [0.25, 0.3) is 0 Å². The zero-order valence-electron chi connectivity index (χ0n) is 17.7. The molecule has 5 nitrogen and oxygen atoms in total. The van der Waals surface area contributed by atoms with E-state index in [1.807, 2.05) is 0 Å². The van der Waals surface area contributed by atoms with Gasteiger partial charge in [0.15, 0.2) is 0 Å². The molecule has 2 rings (SSSR count). The van der Waals surface area contributed by atoms with Gasteiger partial charge in [-0.15, -0.1) is 0 Å². The summed E-state index contributed by atoms with van der Waals surface area (Å²) < 4.78 is 10.8. The van der Waals surface area contributed by atoms with Crippen molar-refractivity contribution >= 4 is 13.3 Å². The van der Waals surface area contributed by atoms with Gasteiger partial charge in [0.05, 0.1) is 6.16 Å². The Labute approximate surface area is 175 Å². The Kier molecular flexibility index (Phi) is 9.89. The first-order valence-corrected chi connectivity index (χ1v) is 12.2. The summed E-state index contributed by atoms with van der Waals surface area (Å²) in [5.41, 5.74) is 5.13. The second kappa shape index (κ2) is 12.1. The van der Waals surface area contributed by atoms with E-state index in [0.29, 0.717) is 19.5 Å². The first-order valence-electron chi connectivity index (χ1n) is 10.4. The zero-order chi connectivity index (χ0) is 21.1. The molecule has 0 amide bonds. The molecular formula is C23H35N2O3P. The largest absolute Gasteiger partial charge is 0.374 e. The second-order valence-electron chi connectivity index (χ2n) is 7.76. The fourth-order valence-electron chi connectivity index (χ4n) is 3.52. The zero-order valence-corrected chi connectivity index (χ0v) is 18.6. The van der Waals surface area contributed by atoms with Crippen molar-refractivity contribution < 1.29 is 14.4 Å². The van der Waals surface area contributed by atoms with E-state index in [1.165, 1.54) is 41.6 Å². The minimum absolute atomic E-state index is 0.0614. The maximum Gasteiger partial charge on any atom is 0.325 e. The summed E-state index contributed by atoms with van der Waals surface area (Å²) >= 11 is 0. The van der Waals surface area contributed by atoms with E-state index in [1.54, 1.807) is 0 Å². The molecule has 6 heteroatoms. The van der Waals surface area contributed by atoms with E-state index in [-0.39, 0.29) is 6.16 Å². The van der Waals surface area contributed by atoms with Gasteiger partial charge in [0.1, 0.15) is 0 Å². The van der Waals surface area contributed by atoms with Crippen LogP contribution in [0.2, 0.25) is 0 Å². The van der Waals surface area contributed by atoms with Gasteiger partial charge in [-0.3, -0.25) is 4.57 Å². The van der Waals surface area contributed by atoms with Crippen molar-refractivity contribution in [1.82, 2.24) is 5.32 Å². The normalized spacial score (nSPS) is 11.6. The van der Waals surface area contributed by atoms with Crippen LogP contribution in [0, 0.1) is 6.92 Å². The van der Waals surface area contributed by atoms with Crippen molar-refractivity contribution in [3.63, 3.8) is 0 Å². The van der Waals surface area contributed by atoms with Crippen LogP contribution in [0.25, 0.3) is 0 Å². The number of rotatable bonds is 13. The van der Waals surface area contributed by atoms with Crippen LogP contribution in [-0.4, -0.2) is 36.1 Å². The lowest BCUT2D eigenvalue weighted by molar-refractivity contribution is 0.371. The van der Waals surface area contributed by atoms with Gasteiger partial charge < -0.3 is 20.0 Å². The summed E-state index contributed by atoms with van der Waals surface area (Å²) in [6, 6.07) is 17.2. The molecule has 0 saturated carbocycles. The SMILES string of the molecule is Cc1cc(CNCCCP(=O)(O)O)ccc1N(C)CCCCCc1ccccc1. The van der Waals surface area contributed by atoms with Crippen molar-refractivity contribution in [3.05, 3.63) is 65.2 Å². The van der Waals surface area contributed by atoms with E-state index in [9.17, 15) is 4.57 Å². The van der Waals surface area contributed by atoms with Gasteiger partial charge in [-0.2, -0.15) is 0 Å². The van der Waals surface area contributed by atoms with E-state index < -0.39 is 7.60 Å². The highest BCUT2D eigenvalue weighted by atomic mass is 31.2. The summed E-state index contributed by atoms with van der Waals surface area (Å²) in [5, 5.41) is 3.26. The summed E-state index contributed by atoms with van der Waals surface area (Å²) in [4.78, 5) is 20.1. The number of aryl methyl sites for hydroxylation is 2. The van der Waals surface area contributed by atoms with Crippen LogP contribution in [-0.2, 0) is 17.5 Å². The second-order valence-corrected chi connectivity index (χ2v) is 9.53. The molecule has 0 atom stereocenters. The van der Waals surface area contributed by atoms with Crippen LogP contribution in [0.3, 0.4) is 0 Å². The standard InChI is InChI=1S/C23H35N2O3P/c1-20-18-22(19-24-15-9-17-29(26,27)28)13-14-23(20)25(2)16-8-4-7-12-21-10-5-3-6-11-21/h3,5-6,10-11,13-14,18,24H,4,7-9,12,15-17,19H2,1-2H3,(H2,26,27,28). The molecular weight excluding hydrogens is 383 g/mol. The third-order valence-electron chi connectivity index (χ3n) is 5.11. The topological polar surface area (TPSA) is 72.8 Å². The molecule has 0 aliphatic rings. The predicted octanol–water partition coefficient (Wildman–Crippen LogP) is 4.50. The fraction of sp³-hybridized carbons (Fsp3) is 0.478. The molecule has 2 aromatic carbocycles. The van der Waals surface area contributed by atoms with Crippen LogP contribution in [0.1, 0.15) is 42.4 Å². The summed E-state index contributed by atoms with van der Waals surface area (Å²) in [5.74, 6) is 0. The summed E-state index contributed by atoms with van der Waals surface area (Å²) in [7, 11) is -1.73. The molecule has 3 N–H and O–H groups in total. The first kappa shape index (κ1) is 23.6. The first-order chi connectivity index (χ1) is 13.8. The van der Waals surface area contributed by atoms with Crippen LogP contribution in [0.5, 0.6) is 0 Å². The monoisotopic (exact) mass is 418 g/mol. The highest BCUT2D eigenvalue weighted by Crippen LogP contribution is 2.34. The Morgan fingerprint density at radius 2 is 1.72 bits per heavy atom. The molecule has 0 aliphatic carbocycles. The molecule has 0 spiro atoms. The average Bonchev–Trinajstić information content (AvgIpc) is 2.67. The molecule has 0 radical (unpaired) electrons. The third-order valence-corrected chi connectivity index (χ3v) is 6.01. The number of unbranched alkanes of at least 4 members (excludes halogenated alkanes) is 2. The Morgan fingerprint density at radius 3 is 2.41 bits per heavy atom. The van der Waals surface area contributed by atoms with E-state index in [0.717, 1.165) is 13.0 Å². The minimum atomic E-state index is -3.88. The van der Waals surface area contributed by atoms with Crippen molar-refractivity contribution in [2.24, 2.45) is 0 Å². The molecule has 0 bridgehead atoms. The van der Waals surface area contributed by atoms with Crippen LogP contribution >= 0.6 is 7.60 Å². The molecule has 29 heavy (non-hydrogen) atoms. The quantitative estimate of drug-likeness (QED) is 0.330. The number of nitrogens with zero attached hydrogens (tertiary/aromatic N) is 1. The van der Waals surface area contributed by atoms with Crippen molar-refractivity contribution in [2.45, 2.75) is 45.6 Å². The van der Waals surface area contributed by atoms with Gasteiger partial charge in [-0.05, 0) is 61.9 Å². The molecule has 0 fully saturated rings. The van der Waals surface area contributed by atoms with Crippen molar-refractivity contribution in [1.29, 1.82) is 0 Å². The Hall–Kier alpha value is -1.65. The highest BCUT2D eigenvalue weighted by molar-refractivity contribution is 7.51. The predicted molar refractivity (Wildman–Crippen MR) is 122 cm³/mol. The van der Waals surface area contributed by atoms with E-state index in [4.69, 9.17) is 9.79 Å². The molecule has 0 saturated heterocycles. The number of nitrogens with one attached hydrogen (secondary N) is 1. The third kappa shape index (κ3) is 9.60. The molecule has 0 heterocycles. The van der Waals surface area contributed by atoms with Gasteiger partial charge in [0.2, 0.25) is 0 Å². The Morgan fingerprint density at radius 1 is 0.966 bits per heavy atom. The van der Waals surface area contributed by atoms with E-state index >= 15 is 0 Å². The van der Waals surface area contributed by atoms with Crippen LogP contribution < -0.4 is 10.2 Å². The maximum absolute atomic E-state index is 10.8. The molecule has 160 valence electrons. The minimum Gasteiger partial charge on any atom is -0.374 e. The van der Waals surface area contributed by atoms with Gasteiger partial charge in [-0.25, -0.2) is 0 Å². The molecule has 0 aromatic heterocycles. The van der Waals surface area contributed by atoms with E-state index in [2.05, 4.69) is 72.7 Å². The summed E-state index contributed by atoms with van der Waals surface area (Å²) in [6.45, 7) is 4.51. The number of hydrogen-bond acceptors (Lipinski definition) is 3. The lowest BCUT2D eigenvalue weighted by atomic mass is 10.1. The number of benzene rings is 2. The van der Waals surface area contributed by atoms with Gasteiger partial charge >= 0.3 is 7.60 Å². The van der Waals surface area contributed by atoms with Crippen LogP contribution in [0.15, 0.2) is 48.5 Å².